The number of nitrogens with zero attached hydrogens (tertiary/aromatic N) is 2. The van der Waals surface area contributed by atoms with Crippen LogP contribution in [0.15, 0.2) is 54.6 Å². The van der Waals surface area contributed by atoms with Crippen LogP contribution < -0.4 is 20.1 Å². The summed E-state index contributed by atoms with van der Waals surface area (Å²) in [6, 6.07) is 14.6. The molecule has 3 aromatic rings. The number of rotatable bonds is 7. The van der Waals surface area contributed by atoms with E-state index in [9.17, 15) is 9.18 Å². The van der Waals surface area contributed by atoms with Crippen LogP contribution in [0.4, 0.5) is 21.7 Å². The van der Waals surface area contributed by atoms with E-state index in [1.807, 2.05) is 6.07 Å². The number of halogens is 1. The van der Waals surface area contributed by atoms with Crippen LogP contribution in [0.2, 0.25) is 0 Å². The van der Waals surface area contributed by atoms with Crippen molar-refractivity contribution in [2.45, 2.75) is 6.42 Å². The Morgan fingerprint density at radius 3 is 2.39 bits per heavy atom. The summed E-state index contributed by atoms with van der Waals surface area (Å²) >= 11 is 0. The molecule has 0 spiro atoms. The number of anilines is 3. The van der Waals surface area contributed by atoms with E-state index in [2.05, 4.69) is 20.8 Å². The van der Waals surface area contributed by atoms with Gasteiger partial charge in [-0.05, 0) is 42.0 Å². The summed E-state index contributed by atoms with van der Waals surface area (Å²) in [5.74, 6) is 1.32. The average Bonchev–Trinajstić information content (AvgIpc) is 2.69. The predicted molar refractivity (Wildman–Crippen MR) is 104 cm³/mol. The summed E-state index contributed by atoms with van der Waals surface area (Å²) in [4.78, 5) is 12.1. The van der Waals surface area contributed by atoms with E-state index >= 15 is 0 Å². The number of hydrogen-bond donors (Lipinski definition) is 2. The van der Waals surface area contributed by atoms with E-state index in [-0.39, 0.29) is 18.1 Å². The highest BCUT2D eigenvalue weighted by Gasteiger charge is 2.08. The number of amides is 1. The van der Waals surface area contributed by atoms with Crippen LogP contribution in [-0.2, 0) is 11.2 Å². The van der Waals surface area contributed by atoms with E-state index in [0.29, 0.717) is 28.7 Å². The lowest BCUT2D eigenvalue weighted by molar-refractivity contribution is -0.115. The van der Waals surface area contributed by atoms with Crippen LogP contribution >= 0.6 is 0 Å². The first-order chi connectivity index (χ1) is 13.6. The highest BCUT2D eigenvalue weighted by atomic mass is 19.1. The van der Waals surface area contributed by atoms with Gasteiger partial charge in [-0.2, -0.15) is 0 Å². The fourth-order valence-corrected chi connectivity index (χ4v) is 2.55. The van der Waals surface area contributed by atoms with E-state index in [4.69, 9.17) is 9.47 Å². The van der Waals surface area contributed by atoms with Crippen LogP contribution in [-0.4, -0.2) is 30.3 Å². The fourth-order valence-electron chi connectivity index (χ4n) is 2.55. The van der Waals surface area contributed by atoms with Gasteiger partial charge < -0.3 is 20.1 Å². The molecule has 0 radical (unpaired) electrons. The topological polar surface area (TPSA) is 85.4 Å². The highest BCUT2D eigenvalue weighted by molar-refractivity contribution is 5.91. The molecule has 0 aliphatic rings. The molecule has 3 rings (SSSR count). The Hall–Kier alpha value is -3.68. The molecule has 0 saturated heterocycles. The fraction of sp³-hybridized carbons (Fsp3) is 0.150. The minimum absolute atomic E-state index is 0.0467. The molecule has 0 aliphatic carbocycles. The second-order valence-electron chi connectivity index (χ2n) is 5.85. The van der Waals surface area contributed by atoms with Crippen LogP contribution in [0.1, 0.15) is 5.56 Å². The normalized spacial score (nSPS) is 10.2. The number of ether oxygens (including phenoxy) is 2. The van der Waals surface area contributed by atoms with Gasteiger partial charge in [-0.1, -0.05) is 12.1 Å². The predicted octanol–water partition coefficient (Wildman–Crippen LogP) is 3.56. The first kappa shape index (κ1) is 19.1. The quantitative estimate of drug-likeness (QED) is 0.650. The zero-order chi connectivity index (χ0) is 19.9. The maximum absolute atomic E-state index is 13.2. The Labute approximate surface area is 161 Å². The lowest BCUT2D eigenvalue weighted by Gasteiger charge is -2.11. The number of aromatic nitrogens is 2. The Kier molecular flexibility index (Phi) is 6.01. The van der Waals surface area contributed by atoms with Gasteiger partial charge in [-0.15, -0.1) is 10.2 Å². The van der Waals surface area contributed by atoms with Crippen molar-refractivity contribution < 1.29 is 18.7 Å². The molecular formula is C20H19FN4O3. The van der Waals surface area contributed by atoms with Crippen LogP contribution in [0, 0.1) is 5.82 Å². The van der Waals surface area contributed by atoms with Crippen molar-refractivity contribution >= 4 is 23.2 Å². The molecule has 0 saturated carbocycles. The molecule has 0 aliphatic heterocycles. The van der Waals surface area contributed by atoms with E-state index in [1.54, 1.807) is 50.6 Å². The average molecular weight is 382 g/mol. The minimum atomic E-state index is -0.379. The van der Waals surface area contributed by atoms with Crippen LogP contribution in [0.25, 0.3) is 0 Å². The van der Waals surface area contributed by atoms with Gasteiger partial charge in [0.15, 0.2) is 23.1 Å². The molecule has 8 heteroatoms. The van der Waals surface area contributed by atoms with E-state index in [0.717, 1.165) is 5.69 Å². The van der Waals surface area contributed by atoms with Crippen molar-refractivity contribution in [3.05, 3.63) is 66.0 Å². The number of nitrogens with one attached hydrogen (secondary N) is 2. The van der Waals surface area contributed by atoms with Gasteiger partial charge in [0.05, 0.1) is 20.6 Å². The summed E-state index contributed by atoms with van der Waals surface area (Å²) < 4.78 is 23.6. The van der Waals surface area contributed by atoms with E-state index < -0.39 is 0 Å². The smallest absolute Gasteiger partial charge is 0.229 e. The van der Waals surface area contributed by atoms with Crippen molar-refractivity contribution in [2.75, 3.05) is 24.9 Å². The van der Waals surface area contributed by atoms with Crippen LogP contribution in [0.3, 0.4) is 0 Å². The van der Waals surface area contributed by atoms with Gasteiger partial charge in [0, 0.05) is 11.8 Å². The van der Waals surface area contributed by atoms with Gasteiger partial charge in [-0.3, -0.25) is 4.79 Å². The van der Waals surface area contributed by atoms with Crippen molar-refractivity contribution in [1.82, 2.24) is 10.2 Å². The van der Waals surface area contributed by atoms with Crippen molar-refractivity contribution in [3.63, 3.8) is 0 Å². The molecule has 0 fully saturated rings. The maximum Gasteiger partial charge on any atom is 0.229 e. The SMILES string of the molecule is COc1ccc(Nc2ccc(NC(=O)Cc3cccc(F)c3)nn2)cc1OC. The molecule has 0 unspecified atom stereocenters. The summed E-state index contributed by atoms with van der Waals surface area (Å²) in [5.41, 5.74) is 1.33. The summed E-state index contributed by atoms with van der Waals surface area (Å²) in [7, 11) is 3.13. The number of hydrogen-bond acceptors (Lipinski definition) is 6. The largest absolute Gasteiger partial charge is 0.493 e. The first-order valence-corrected chi connectivity index (χ1v) is 8.44. The Balaban J connectivity index is 1.61. The number of methoxy groups -OCH3 is 2. The second kappa shape index (κ2) is 8.81. The molecule has 0 atom stereocenters. The van der Waals surface area contributed by atoms with Gasteiger partial charge in [-0.25, -0.2) is 4.39 Å². The molecule has 2 N–H and O–H groups in total. The Bertz CT molecular complexity index is 964. The van der Waals surface area contributed by atoms with Crippen molar-refractivity contribution in [2.24, 2.45) is 0 Å². The van der Waals surface area contributed by atoms with Crippen molar-refractivity contribution in [1.29, 1.82) is 0 Å². The number of carbonyl (C=O) groups is 1. The number of carbonyl (C=O) groups excluding carboxylic acids is 1. The van der Waals surface area contributed by atoms with Gasteiger partial charge in [0.2, 0.25) is 5.91 Å². The van der Waals surface area contributed by atoms with E-state index in [1.165, 1.54) is 12.1 Å². The Morgan fingerprint density at radius 2 is 1.71 bits per heavy atom. The minimum Gasteiger partial charge on any atom is -0.493 e. The zero-order valence-corrected chi connectivity index (χ0v) is 15.4. The molecule has 7 nitrogen and oxygen atoms in total. The maximum atomic E-state index is 13.2. The summed E-state index contributed by atoms with van der Waals surface area (Å²) in [5, 5.41) is 13.7. The molecule has 1 heterocycles. The molecule has 2 aromatic carbocycles. The first-order valence-electron chi connectivity index (χ1n) is 8.44. The molecule has 1 amide bonds. The zero-order valence-electron chi connectivity index (χ0n) is 15.4. The molecule has 1 aromatic heterocycles. The number of benzene rings is 2. The molecular weight excluding hydrogens is 363 g/mol. The standard InChI is InChI=1S/C20H19FN4O3/c1-27-16-7-6-15(12-17(16)28-2)22-18-8-9-19(25-24-18)23-20(26)11-13-4-3-5-14(21)10-13/h3-10,12H,11H2,1-2H3,(H,22,24)(H,23,25,26). The second-order valence-corrected chi connectivity index (χ2v) is 5.85. The third-order valence-corrected chi connectivity index (χ3v) is 3.84. The van der Waals surface area contributed by atoms with Gasteiger partial charge in [0.25, 0.3) is 0 Å². The lowest BCUT2D eigenvalue weighted by atomic mass is 10.1. The third kappa shape index (κ3) is 4.94. The van der Waals surface area contributed by atoms with Gasteiger partial charge >= 0.3 is 0 Å². The highest BCUT2D eigenvalue weighted by Crippen LogP contribution is 2.30. The van der Waals surface area contributed by atoms with Crippen molar-refractivity contribution in [3.8, 4) is 11.5 Å². The molecule has 0 bridgehead atoms. The lowest BCUT2D eigenvalue weighted by Crippen LogP contribution is -2.15. The van der Waals surface area contributed by atoms with Gasteiger partial charge in [0.1, 0.15) is 5.82 Å². The molecule has 144 valence electrons. The van der Waals surface area contributed by atoms with Crippen LogP contribution in [0.5, 0.6) is 11.5 Å². The Morgan fingerprint density at radius 1 is 0.964 bits per heavy atom. The monoisotopic (exact) mass is 382 g/mol. The molecule has 28 heavy (non-hydrogen) atoms. The summed E-state index contributed by atoms with van der Waals surface area (Å²) in [6.07, 6.45) is 0.0467. The third-order valence-electron chi connectivity index (χ3n) is 3.84. The summed E-state index contributed by atoms with van der Waals surface area (Å²) in [6.45, 7) is 0.